The molecule has 0 aliphatic carbocycles. The van der Waals surface area contributed by atoms with Crippen LogP contribution in [0.2, 0.25) is 0 Å². The van der Waals surface area contributed by atoms with E-state index < -0.39 is 0 Å². The summed E-state index contributed by atoms with van der Waals surface area (Å²) >= 11 is 0. The summed E-state index contributed by atoms with van der Waals surface area (Å²) in [7, 11) is 0. The van der Waals surface area contributed by atoms with Crippen LogP contribution in [0.5, 0.6) is 0 Å². The van der Waals surface area contributed by atoms with Crippen molar-refractivity contribution >= 4 is 29.3 Å². The quantitative estimate of drug-likeness (QED) is 0.313. The van der Waals surface area contributed by atoms with Crippen molar-refractivity contribution in [1.29, 1.82) is 0 Å². The minimum absolute atomic E-state index is 0.211. The zero-order chi connectivity index (χ0) is 16.8. The summed E-state index contributed by atoms with van der Waals surface area (Å²) in [4.78, 5) is 2.54. The van der Waals surface area contributed by atoms with Crippen LogP contribution < -0.4 is 20.5 Å². The second-order valence-electron chi connectivity index (χ2n) is 7.31. The van der Waals surface area contributed by atoms with Gasteiger partial charge in [-0.2, -0.15) is 0 Å². The van der Waals surface area contributed by atoms with Crippen molar-refractivity contribution in [2.75, 3.05) is 4.81 Å². The van der Waals surface area contributed by atoms with E-state index in [9.17, 15) is 0 Å². The van der Waals surface area contributed by atoms with Crippen LogP contribution in [0.25, 0.3) is 16.8 Å². The van der Waals surface area contributed by atoms with Crippen molar-refractivity contribution in [2.45, 2.75) is 6.54 Å². The minimum Gasteiger partial charge on any atom is -0.373 e. The van der Waals surface area contributed by atoms with Gasteiger partial charge in [-0.3, -0.25) is 0 Å². The molecule has 120 valence electrons. The predicted molar refractivity (Wildman–Crippen MR) is 104 cm³/mol. The van der Waals surface area contributed by atoms with E-state index in [4.69, 9.17) is 0 Å². The number of rotatable bonds is 0. The molecule has 0 spiro atoms. The SMILES string of the molecule is c1ccc2c(c1)B1c3cc[n+]4n3-c3c(cccc3N1c1ccccc1-2)C4. The topological polar surface area (TPSA) is 12.0 Å². The first-order chi connectivity index (χ1) is 12.9. The number of hydrogen-bond donors (Lipinski definition) is 0. The molecule has 0 N–H and O–H groups in total. The number of hydrogen-bond acceptors (Lipinski definition) is 1. The maximum absolute atomic E-state index is 2.54. The van der Waals surface area contributed by atoms with E-state index >= 15 is 0 Å². The Bertz CT molecular complexity index is 1240. The number of anilines is 2. The summed E-state index contributed by atoms with van der Waals surface area (Å²) < 4.78 is 4.76. The van der Waals surface area contributed by atoms with E-state index in [0.717, 1.165) is 6.54 Å². The van der Waals surface area contributed by atoms with Crippen LogP contribution >= 0.6 is 0 Å². The molecule has 1 aromatic heterocycles. The van der Waals surface area contributed by atoms with Crippen LogP contribution in [0.3, 0.4) is 0 Å². The van der Waals surface area contributed by atoms with Gasteiger partial charge in [-0.25, -0.2) is 0 Å². The zero-order valence-electron chi connectivity index (χ0n) is 14.1. The lowest BCUT2D eigenvalue weighted by Gasteiger charge is -2.41. The average Bonchev–Trinajstić information content (AvgIpc) is 3.27. The van der Waals surface area contributed by atoms with E-state index in [1.807, 2.05) is 0 Å². The van der Waals surface area contributed by atoms with Gasteiger partial charge in [0.15, 0.2) is 12.7 Å². The van der Waals surface area contributed by atoms with Crippen LogP contribution in [0.4, 0.5) is 11.4 Å². The van der Waals surface area contributed by atoms with E-state index in [1.54, 1.807) is 0 Å². The lowest BCUT2D eigenvalue weighted by atomic mass is 9.47. The second kappa shape index (κ2) is 4.28. The number of benzene rings is 3. The number of nitrogens with zero attached hydrogens (tertiary/aromatic N) is 3. The molecule has 4 heterocycles. The maximum Gasteiger partial charge on any atom is 0.354 e. The van der Waals surface area contributed by atoms with E-state index in [0.29, 0.717) is 0 Å². The Hall–Kier alpha value is -3.27. The fourth-order valence-corrected chi connectivity index (χ4v) is 5.09. The van der Waals surface area contributed by atoms with Crippen molar-refractivity contribution in [3.05, 3.63) is 84.6 Å². The second-order valence-corrected chi connectivity index (χ2v) is 7.31. The van der Waals surface area contributed by atoms with Crippen LogP contribution in [0.1, 0.15) is 5.56 Å². The fourth-order valence-electron chi connectivity index (χ4n) is 5.09. The molecule has 0 fully saturated rings. The Balaban J connectivity index is 1.67. The van der Waals surface area contributed by atoms with E-state index in [-0.39, 0.29) is 6.85 Å². The largest absolute Gasteiger partial charge is 0.373 e. The summed E-state index contributed by atoms with van der Waals surface area (Å²) in [6.07, 6.45) is 2.23. The molecule has 4 heteroatoms. The van der Waals surface area contributed by atoms with Crippen LogP contribution in [0.15, 0.2) is 79.0 Å². The lowest BCUT2D eigenvalue weighted by molar-refractivity contribution is -0.750. The summed E-state index contributed by atoms with van der Waals surface area (Å²) in [5.41, 5.74) is 10.8. The van der Waals surface area contributed by atoms with Gasteiger partial charge >= 0.3 is 6.85 Å². The summed E-state index contributed by atoms with van der Waals surface area (Å²) in [5, 5.41) is 0. The molecule has 7 rings (SSSR count). The molecule has 0 unspecified atom stereocenters. The average molecular weight is 332 g/mol. The molecule has 4 aromatic rings. The molecule has 3 aromatic carbocycles. The molecule has 0 radical (unpaired) electrons. The highest BCUT2D eigenvalue weighted by molar-refractivity contribution is 6.90. The van der Waals surface area contributed by atoms with Gasteiger partial charge < -0.3 is 4.81 Å². The Labute approximate surface area is 151 Å². The normalized spacial score (nSPS) is 14.6. The van der Waals surface area contributed by atoms with Crippen molar-refractivity contribution in [3.8, 4) is 16.8 Å². The highest BCUT2D eigenvalue weighted by atomic mass is 15.4. The van der Waals surface area contributed by atoms with Gasteiger partial charge in [0.25, 0.3) is 0 Å². The Morgan fingerprint density at radius 1 is 0.769 bits per heavy atom. The standard InChI is InChI=1S/C22H15BN3/c1-3-9-18-16(7-1)17-8-2-4-10-19(17)25-20-11-5-6-15-14-24-13-12-21(23(18)25)26(24)22(15)20/h1-13H,14H2/q+1. The number of aromatic nitrogens is 2. The highest BCUT2D eigenvalue weighted by Crippen LogP contribution is 2.44. The number of fused-ring (bicyclic) bond motifs is 8. The molecule has 0 bridgehead atoms. The third kappa shape index (κ3) is 1.34. The van der Waals surface area contributed by atoms with Gasteiger partial charge in [-0.15, -0.1) is 9.36 Å². The third-order valence-electron chi connectivity index (χ3n) is 6.07. The van der Waals surface area contributed by atoms with Gasteiger partial charge in [-0.1, -0.05) is 54.6 Å². The van der Waals surface area contributed by atoms with Gasteiger partial charge in [0.1, 0.15) is 5.69 Å². The molecule has 3 aliphatic rings. The summed E-state index contributed by atoms with van der Waals surface area (Å²) in [6, 6.07) is 26.7. The smallest absolute Gasteiger partial charge is 0.354 e. The fraction of sp³-hybridized carbons (Fsp3) is 0.0455. The molecule has 26 heavy (non-hydrogen) atoms. The predicted octanol–water partition coefficient (Wildman–Crippen LogP) is 2.36. The Kier molecular flexibility index (Phi) is 2.14. The van der Waals surface area contributed by atoms with Crippen molar-refractivity contribution in [2.24, 2.45) is 0 Å². The molecule has 0 saturated heterocycles. The van der Waals surface area contributed by atoms with Gasteiger partial charge in [-0.05, 0) is 23.2 Å². The Morgan fingerprint density at radius 3 is 2.54 bits per heavy atom. The monoisotopic (exact) mass is 332 g/mol. The molecule has 0 saturated carbocycles. The summed E-state index contributed by atoms with van der Waals surface area (Å²) in [5.74, 6) is 0. The van der Waals surface area contributed by atoms with E-state index in [2.05, 4.69) is 93.2 Å². The van der Waals surface area contributed by atoms with Crippen LogP contribution in [-0.4, -0.2) is 11.5 Å². The molecule has 3 aliphatic heterocycles. The number of para-hydroxylation sites is 2. The molecule has 0 atom stereocenters. The molecule has 0 amide bonds. The van der Waals surface area contributed by atoms with Gasteiger partial charge in [0.05, 0.1) is 16.8 Å². The van der Waals surface area contributed by atoms with Gasteiger partial charge in [0, 0.05) is 17.3 Å². The molecular formula is C22H15BN3+. The van der Waals surface area contributed by atoms with Crippen molar-refractivity contribution < 1.29 is 4.68 Å². The third-order valence-corrected chi connectivity index (χ3v) is 6.07. The van der Waals surface area contributed by atoms with Crippen LogP contribution in [0, 0.1) is 0 Å². The van der Waals surface area contributed by atoms with E-state index in [1.165, 1.54) is 44.8 Å². The van der Waals surface area contributed by atoms with Crippen molar-refractivity contribution in [3.63, 3.8) is 0 Å². The molecule has 3 nitrogen and oxygen atoms in total. The first-order valence-electron chi connectivity index (χ1n) is 9.13. The lowest BCUT2D eigenvalue weighted by Crippen LogP contribution is -2.63. The highest BCUT2D eigenvalue weighted by Gasteiger charge is 2.48. The molecular weight excluding hydrogens is 317 g/mol. The minimum atomic E-state index is 0.211. The van der Waals surface area contributed by atoms with Crippen molar-refractivity contribution in [1.82, 2.24) is 4.68 Å². The Morgan fingerprint density at radius 2 is 1.58 bits per heavy atom. The maximum atomic E-state index is 2.54. The first-order valence-corrected chi connectivity index (χ1v) is 9.13. The zero-order valence-corrected chi connectivity index (χ0v) is 14.1. The summed E-state index contributed by atoms with van der Waals surface area (Å²) in [6.45, 7) is 1.16. The first kappa shape index (κ1) is 13.0. The van der Waals surface area contributed by atoms with Gasteiger partial charge in [0.2, 0.25) is 0 Å². The van der Waals surface area contributed by atoms with Crippen LogP contribution in [-0.2, 0) is 6.54 Å².